The highest BCUT2D eigenvalue weighted by molar-refractivity contribution is 4.84. The standard InChI is InChI=1S/C16H34N2/c1-6-8-9-18-11-14(7-2)10-15(12-18)17-13-16(3,4)5/h14-15,17H,6-13H2,1-5H3. The summed E-state index contributed by atoms with van der Waals surface area (Å²) >= 11 is 0. The third kappa shape index (κ3) is 6.19. The van der Waals surface area contributed by atoms with Crippen LogP contribution in [0.4, 0.5) is 0 Å². The Morgan fingerprint density at radius 2 is 1.89 bits per heavy atom. The van der Waals surface area contributed by atoms with Crippen LogP contribution in [-0.4, -0.2) is 37.1 Å². The van der Waals surface area contributed by atoms with E-state index < -0.39 is 0 Å². The molecule has 1 fully saturated rings. The summed E-state index contributed by atoms with van der Waals surface area (Å²) in [4.78, 5) is 2.68. The molecule has 1 aliphatic rings. The highest BCUT2D eigenvalue weighted by atomic mass is 15.2. The Morgan fingerprint density at radius 1 is 1.17 bits per heavy atom. The smallest absolute Gasteiger partial charge is 0.0198 e. The van der Waals surface area contributed by atoms with Gasteiger partial charge in [0.1, 0.15) is 0 Å². The molecule has 0 saturated carbocycles. The second kappa shape index (κ2) is 7.49. The molecule has 1 rings (SSSR count). The largest absolute Gasteiger partial charge is 0.312 e. The van der Waals surface area contributed by atoms with E-state index in [0.717, 1.165) is 12.5 Å². The predicted molar refractivity (Wildman–Crippen MR) is 81.0 cm³/mol. The molecule has 1 N–H and O–H groups in total. The van der Waals surface area contributed by atoms with Crippen molar-refractivity contribution in [3.8, 4) is 0 Å². The van der Waals surface area contributed by atoms with Crippen LogP contribution in [0.3, 0.4) is 0 Å². The van der Waals surface area contributed by atoms with Crippen LogP contribution in [0.5, 0.6) is 0 Å². The second-order valence-electron chi connectivity index (χ2n) is 7.26. The van der Waals surface area contributed by atoms with Crippen LogP contribution < -0.4 is 5.32 Å². The first-order valence-corrected chi connectivity index (χ1v) is 7.90. The molecule has 0 amide bonds. The molecule has 0 aromatic rings. The fourth-order valence-corrected chi connectivity index (χ4v) is 2.76. The van der Waals surface area contributed by atoms with Crippen LogP contribution in [0, 0.1) is 11.3 Å². The number of rotatable bonds is 6. The van der Waals surface area contributed by atoms with Crippen LogP contribution in [0.2, 0.25) is 0 Å². The summed E-state index contributed by atoms with van der Waals surface area (Å²) in [6.45, 7) is 16.6. The fraction of sp³-hybridized carbons (Fsp3) is 1.00. The Bertz CT molecular complexity index is 220. The maximum absolute atomic E-state index is 3.79. The average Bonchev–Trinajstić information content (AvgIpc) is 2.32. The van der Waals surface area contributed by atoms with Gasteiger partial charge in [-0.05, 0) is 30.7 Å². The molecule has 1 saturated heterocycles. The van der Waals surface area contributed by atoms with Crippen molar-refractivity contribution in [2.45, 2.75) is 66.3 Å². The Kier molecular flexibility index (Phi) is 6.65. The van der Waals surface area contributed by atoms with Gasteiger partial charge in [0.2, 0.25) is 0 Å². The van der Waals surface area contributed by atoms with E-state index in [1.165, 1.54) is 45.3 Å². The van der Waals surface area contributed by atoms with Crippen molar-refractivity contribution in [2.75, 3.05) is 26.2 Å². The summed E-state index contributed by atoms with van der Waals surface area (Å²) in [5, 5.41) is 3.79. The molecule has 0 spiro atoms. The van der Waals surface area contributed by atoms with Crippen LogP contribution in [0.15, 0.2) is 0 Å². The number of nitrogens with zero attached hydrogens (tertiary/aromatic N) is 1. The van der Waals surface area contributed by atoms with Crippen molar-refractivity contribution in [1.82, 2.24) is 10.2 Å². The van der Waals surface area contributed by atoms with Crippen LogP contribution in [0.25, 0.3) is 0 Å². The maximum Gasteiger partial charge on any atom is 0.0198 e. The molecular weight excluding hydrogens is 220 g/mol. The summed E-state index contributed by atoms with van der Waals surface area (Å²) in [5.74, 6) is 0.896. The molecule has 0 aromatic heterocycles. The normalized spacial score (nSPS) is 26.5. The van der Waals surface area contributed by atoms with Gasteiger partial charge in [-0.3, -0.25) is 0 Å². The number of likely N-dealkylation sites (tertiary alicyclic amines) is 1. The van der Waals surface area contributed by atoms with Gasteiger partial charge in [-0.2, -0.15) is 0 Å². The van der Waals surface area contributed by atoms with Crippen LogP contribution in [-0.2, 0) is 0 Å². The third-order valence-corrected chi connectivity index (χ3v) is 3.94. The lowest BCUT2D eigenvalue weighted by Gasteiger charge is -2.39. The van der Waals surface area contributed by atoms with Crippen molar-refractivity contribution in [2.24, 2.45) is 11.3 Å². The van der Waals surface area contributed by atoms with Crippen LogP contribution in [0.1, 0.15) is 60.3 Å². The van der Waals surface area contributed by atoms with Crippen molar-refractivity contribution in [3.05, 3.63) is 0 Å². The lowest BCUT2D eigenvalue weighted by atomic mass is 9.90. The second-order valence-corrected chi connectivity index (χ2v) is 7.26. The van der Waals surface area contributed by atoms with Gasteiger partial charge in [0.05, 0.1) is 0 Å². The zero-order valence-electron chi connectivity index (χ0n) is 13.3. The quantitative estimate of drug-likeness (QED) is 0.780. The monoisotopic (exact) mass is 254 g/mol. The average molecular weight is 254 g/mol. The van der Waals surface area contributed by atoms with Gasteiger partial charge in [0.25, 0.3) is 0 Å². The minimum atomic E-state index is 0.396. The topological polar surface area (TPSA) is 15.3 Å². The number of piperidine rings is 1. The van der Waals surface area contributed by atoms with E-state index in [-0.39, 0.29) is 0 Å². The van der Waals surface area contributed by atoms with E-state index in [4.69, 9.17) is 0 Å². The van der Waals surface area contributed by atoms with E-state index in [1.54, 1.807) is 0 Å². The molecule has 2 nitrogen and oxygen atoms in total. The zero-order valence-corrected chi connectivity index (χ0v) is 13.3. The summed E-state index contributed by atoms with van der Waals surface area (Å²) in [5.41, 5.74) is 0.396. The van der Waals surface area contributed by atoms with E-state index in [2.05, 4.69) is 44.8 Å². The van der Waals surface area contributed by atoms with E-state index in [0.29, 0.717) is 11.5 Å². The molecule has 2 heteroatoms. The number of unbranched alkanes of at least 4 members (excludes halogenated alkanes) is 1. The van der Waals surface area contributed by atoms with Gasteiger partial charge in [-0.25, -0.2) is 0 Å². The summed E-state index contributed by atoms with van der Waals surface area (Å²) < 4.78 is 0. The van der Waals surface area contributed by atoms with Crippen molar-refractivity contribution in [3.63, 3.8) is 0 Å². The predicted octanol–water partition coefficient (Wildman–Crippen LogP) is 3.52. The highest BCUT2D eigenvalue weighted by Crippen LogP contribution is 2.21. The lowest BCUT2D eigenvalue weighted by Crippen LogP contribution is -2.50. The molecule has 108 valence electrons. The first-order valence-electron chi connectivity index (χ1n) is 7.90. The van der Waals surface area contributed by atoms with Gasteiger partial charge in [-0.1, -0.05) is 47.5 Å². The lowest BCUT2D eigenvalue weighted by molar-refractivity contribution is 0.131. The number of hydrogen-bond donors (Lipinski definition) is 1. The Hall–Kier alpha value is -0.0800. The molecule has 1 heterocycles. The molecule has 2 unspecified atom stereocenters. The fourth-order valence-electron chi connectivity index (χ4n) is 2.76. The minimum absolute atomic E-state index is 0.396. The summed E-state index contributed by atoms with van der Waals surface area (Å²) in [7, 11) is 0. The van der Waals surface area contributed by atoms with Gasteiger partial charge >= 0.3 is 0 Å². The molecule has 0 bridgehead atoms. The molecular formula is C16H34N2. The van der Waals surface area contributed by atoms with Crippen molar-refractivity contribution >= 4 is 0 Å². The maximum atomic E-state index is 3.79. The first kappa shape index (κ1) is 16.0. The molecule has 0 aromatic carbocycles. The molecule has 18 heavy (non-hydrogen) atoms. The molecule has 0 aliphatic carbocycles. The number of hydrogen-bond acceptors (Lipinski definition) is 2. The van der Waals surface area contributed by atoms with Crippen molar-refractivity contribution in [1.29, 1.82) is 0 Å². The Balaban J connectivity index is 2.41. The van der Waals surface area contributed by atoms with Gasteiger partial charge in [-0.15, -0.1) is 0 Å². The van der Waals surface area contributed by atoms with Gasteiger partial charge in [0, 0.05) is 25.7 Å². The van der Waals surface area contributed by atoms with Crippen molar-refractivity contribution < 1.29 is 0 Å². The minimum Gasteiger partial charge on any atom is -0.312 e. The van der Waals surface area contributed by atoms with Crippen LogP contribution >= 0.6 is 0 Å². The van der Waals surface area contributed by atoms with E-state index in [9.17, 15) is 0 Å². The Labute approximate surface area is 115 Å². The first-order chi connectivity index (χ1) is 8.44. The highest BCUT2D eigenvalue weighted by Gasteiger charge is 2.26. The summed E-state index contributed by atoms with van der Waals surface area (Å²) in [6.07, 6.45) is 5.36. The Morgan fingerprint density at radius 3 is 2.44 bits per heavy atom. The van der Waals surface area contributed by atoms with Gasteiger partial charge in [0.15, 0.2) is 0 Å². The SMILES string of the molecule is CCCCN1CC(CC)CC(NCC(C)(C)C)C1. The van der Waals surface area contributed by atoms with E-state index >= 15 is 0 Å². The molecule has 1 aliphatic heterocycles. The zero-order chi connectivity index (χ0) is 13.6. The number of nitrogens with one attached hydrogen (secondary N) is 1. The molecule has 2 atom stereocenters. The third-order valence-electron chi connectivity index (χ3n) is 3.94. The van der Waals surface area contributed by atoms with E-state index in [1.807, 2.05) is 0 Å². The summed E-state index contributed by atoms with van der Waals surface area (Å²) in [6, 6.07) is 0.708. The van der Waals surface area contributed by atoms with Gasteiger partial charge < -0.3 is 10.2 Å². The molecule has 0 radical (unpaired) electrons.